The third-order valence-corrected chi connectivity index (χ3v) is 1.85. The average Bonchev–Trinajstić information content (AvgIpc) is 2.03. The highest BCUT2D eigenvalue weighted by Gasteiger charge is 2.13. The molecule has 0 fully saturated rings. The maximum absolute atomic E-state index is 11.6. The zero-order chi connectivity index (χ0) is 10.0. The molecule has 1 aromatic heterocycles. The van der Waals surface area contributed by atoms with Crippen molar-refractivity contribution in [3.63, 3.8) is 0 Å². The minimum absolute atomic E-state index is 0.0354. The predicted octanol–water partition coefficient (Wildman–Crippen LogP) is 1.81. The first-order valence-corrected chi connectivity index (χ1v) is 4.29. The number of hydrogen-bond donors (Lipinski definition) is 1. The predicted molar refractivity (Wildman–Crippen MR) is 52.6 cm³/mol. The average molecular weight is 178 g/mol. The second-order valence-electron chi connectivity index (χ2n) is 3.40. The number of carbonyl (C=O) groups is 1. The van der Waals surface area contributed by atoms with Gasteiger partial charge in [0.2, 0.25) is 0 Å². The third-order valence-electron chi connectivity index (χ3n) is 1.85. The molecule has 0 amide bonds. The van der Waals surface area contributed by atoms with Crippen LogP contribution in [-0.4, -0.2) is 10.8 Å². The van der Waals surface area contributed by atoms with Crippen LogP contribution in [0.1, 0.15) is 29.9 Å². The van der Waals surface area contributed by atoms with Crippen LogP contribution < -0.4 is 5.73 Å². The number of nitrogens with zero attached hydrogens (tertiary/aromatic N) is 1. The van der Waals surface area contributed by atoms with E-state index in [1.54, 1.807) is 12.1 Å². The number of aryl methyl sites for hydroxylation is 1. The van der Waals surface area contributed by atoms with Crippen molar-refractivity contribution in [2.24, 2.45) is 5.92 Å². The number of rotatable bonds is 2. The number of hydrogen-bond acceptors (Lipinski definition) is 3. The molecule has 13 heavy (non-hydrogen) atoms. The summed E-state index contributed by atoms with van der Waals surface area (Å²) in [4.78, 5) is 15.6. The van der Waals surface area contributed by atoms with Gasteiger partial charge < -0.3 is 5.73 Å². The molecule has 1 heterocycles. The lowest BCUT2D eigenvalue weighted by Crippen LogP contribution is -2.11. The lowest BCUT2D eigenvalue weighted by Gasteiger charge is -2.06. The summed E-state index contributed by atoms with van der Waals surface area (Å²) in [5.74, 6) is 0.343. The van der Waals surface area contributed by atoms with Gasteiger partial charge in [-0.15, -0.1) is 0 Å². The zero-order valence-electron chi connectivity index (χ0n) is 8.16. The maximum Gasteiger partial charge on any atom is 0.169 e. The van der Waals surface area contributed by atoms with Crippen LogP contribution in [0.3, 0.4) is 0 Å². The van der Waals surface area contributed by atoms with Crippen molar-refractivity contribution < 1.29 is 4.79 Å². The van der Waals surface area contributed by atoms with Crippen molar-refractivity contribution in [3.05, 3.63) is 23.4 Å². The van der Waals surface area contributed by atoms with Crippen LogP contribution >= 0.6 is 0 Å². The molecule has 70 valence electrons. The molecule has 0 unspecified atom stereocenters. The van der Waals surface area contributed by atoms with Gasteiger partial charge in [0.25, 0.3) is 0 Å². The van der Waals surface area contributed by atoms with E-state index in [4.69, 9.17) is 5.73 Å². The Kier molecular flexibility index (Phi) is 2.66. The van der Waals surface area contributed by atoms with E-state index in [9.17, 15) is 4.79 Å². The number of pyridine rings is 1. The van der Waals surface area contributed by atoms with Crippen molar-refractivity contribution in [3.8, 4) is 0 Å². The molecule has 0 spiro atoms. The van der Waals surface area contributed by atoms with E-state index >= 15 is 0 Å². The first-order valence-electron chi connectivity index (χ1n) is 4.29. The highest BCUT2D eigenvalue weighted by atomic mass is 16.1. The van der Waals surface area contributed by atoms with Gasteiger partial charge >= 0.3 is 0 Å². The summed E-state index contributed by atoms with van der Waals surface area (Å²) >= 11 is 0. The standard InChI is InChI=1S/C10H14N2O/c1-6(2)9(13)8-5-4-7(3)12-10(8)11/h4-6H,1-3H3,(H2,11,12). The lowest BCUT2D eigenvalue weighted by atomic mass is 10.0. The number of carbonyl (C=O) groups excluding carboxylic acids is 1. The van der Waals surface area contributed by atoms with Gasteiger partial charge in [0.15, 0.2) is 5.78 Å². The smallest absolute Gasteiger partial charge is 0.169 e. The van der Waals surface area contributed by atoms with Crippen LogP contribution in [0, 0.1) is 12.8 Å². The fraction of sp³-hybridized carbons (Fsp3) is 0.400. The lowest BCUT2D eigenvalue weighted by molar-refractivity contribution is 0.0940. The van der Waals surface area contributed by atoms with Gasteiger partial charge in [0.1, 0.15) is 5.82 Å². The first-order chi connectivity index (χ1) is 6.02. The zero-order valence-corrected chi connectivity index (χ0v) is 8.16. The molecule has 0 bridgehead atoms. The molecule has 1 rings (SSSR count). The van der Waals surface area contributed by atoms with Crippen molar-refractivity contribution in [1.29, 1.82) is 0 Å². The number of anilines is 1. The Morgan fingerprint density at radius 2 is 2.08 bits per heavy atom. The summed E-state index contributed by atoms with van der Waals surface area (Å²) in [6, 6.07) is 3.53. The normalized spacial score (nSPS) is 10.5. The molecule has 3 heteroatoms. The fourth-order valence-electron chi connectivity index (χ4n) is 1.10. The summed E-state index contributed by atoms with van der Waals surface area (Å²) in [6.45, 7) is 5.54. The van der Waals surface area contributed by atoms with Crippen LogP contribution in [0.5, 0.6) is 0 Å². The van der Waals surface area contributed by atoms with Crippen LogP contribution in [0.4, 0.5) is 5.82 Å². The second-order valence-corrected chi connectivity index (χ2v) is 3.40. The molecule has 2 N–H and O–H groups in total. The molecule has 0 aliphatic heterocycles. The molecule has 0 aliphatic rings. The molecule has 0 atom stereocenters. The van der Waals surface area contributed by atoms with Gasteiger partial charge in [-0.25, -0.2) is 4.98 Å². The van der Waals surface area contributed by atoms with Crippen LogP contribution in [0.15, 0.2) is 12.1 Å². The number of nitrogens with two attached hydrogens (primary N) is 1. The SMILES string of the molecule is Cc1ccc(C(=O)C(C)C)c(N)n1. The van der Waals surface area contributed by atoms with Gasteiger partial charge in [-0.05, 0) is 19.1 Å². The van der Waals surface area contributed by atoms with Crippen LogP contribution in [-0.2, 0) is 0 Å². The molecule has 0 radical (unpaired) electrons. The Balaban J connectivity index is 3.09. The van der Waals surface area contributed by atoms with Gasteiger partial charge in [-0.1, -0.05) is 13.8 Å². The number of ketones is 1. The van der Waals surface area contributed by atoms with Crippen molar-refractivity contribution >= 4 is 11.6 Å². The topological polar surface area (TPSA) is 56.0 Å². The second kappa shape index (κ2) is 3.56. The largest absolute Gasteiger partial charge is 0.383 e. The molecule has 0 aromatic carbocycles. The highest BCUT2D eigenvalue weighted by Crippen LogP contribution is 2.14. The van der Waals surface area contributed by atoms with Crippen LogP contribution in [0.2, 0.25) is 0 Å². The van der Waals surface area contributed by atoms with E-state index in [1.165, 1.54) is 0 Å². The van der Waals surface area contributed by atoms with Gasteiger partial charge in [0.05, 0.1) is 5.56 Å². The van der Waals surface area contributed by atoms with Gasteiger partial charge in [-0.3, -0.25) is 4.79 Å². The Labute approximate surface area is 78.0 Å². The molecule has 1 aromatic rings. The van der Waals surface area contributed by atoms with Gasteiger partial charge in [0, 0.05) is 11.6 Å². The van der Waals surface area contributed by atoms with Crippen LogP contribution in [0.25, 0.3) is 0 Å². The Hall–Kier alpha value is -1.38. The van der Waals surface area contributed by atoms with Crippen molar-refractivity contribution in [1.82, 2.24) is 4.98 Å². The summed E-state index contributed by atoms with van der Waals surface area (Å²) in [6.07, 6.45) is 0. The Bertz CT molecular complexity index is 332. The van der Waals surface area contributed by atoms with E-state index in [2.05, 4.69) is 4.98 Å². The minimum Gasteiger partial charge on any atom is -0.383 e. The van der Waals surface area contributed by atoms with E-state index in [-0.39, 0.29) is 11.7 Å². The molecule has 0 saturated carbocycles. The fourth-order valence-corrected chi connectivity index (χ4v) is 1.10. The summed E-state index contributed by atoms with van der Waals surface area (Å²) < 4.78 is 0. The molecular formula is C10H14N2O. The molecule has 3 nitrogen and oxygen atoms in total. The maximum atomic E-state index is 11.6. The van der Waals surface area contributed by atoms with Gasteiger partial charge in [-0.2, -0.15) is 0 Å². The third kappa shape index (κ3) is 2.05. The van der Waals surface area contributed by atoms with Crippen molar-refractivity contribution in [2.75, 3.05) is 5.73 Å². The first kappa shape index (κ1) is 9.71. The summed E-state index contributed by atoms with van der Waals surface area (Å²) in [7, 11) is 0. The Morgan fingerprint density at radius 3 is 2.54 bits per heavy atom. The highest BCUT2D eigenvalue weighted by molar-refractivity contribution is 6.01. The van der Waals surface area contributed by atoms with Crippen molar-refractivity contribution in [2.45, 2.75) is 20.8 Å². The molecule has 0 saturated heterocycles. The minimum atomic E-state index is -0.0354. The quantitative estimate of drug-likeness (QED) is 0.703. The number of Topliss-reactive ketones (excluding diaryl/α,β-unsaturated/α-hetero) is 1. The van der Waals surface area contributed by atoms with E-state index < -0.39 is 0 Å². The van der Waals surface area contributed by atoms with E-state index in [0.29, 0.717) is 11.4 Å². The number of aromatic nitrogens is 1. The summed E-state index contributed by atoms with van der Waals surface area (Å²) in [5, 5.41) is 0. The molecule has 0 aliphatic carbocycles. The molecular weight excluding hydrogens is 164 g/mol. The number of nitrogen functional groups attached to an aromatic ring is 1. The van der Waals surface area contributed by atoms with E-state index in [1.807, 2.05) is 20.8 Å². The Morgan fingerprint density at radius 1 is 1.46 bits per heavy atom. The monoisotopic (exact) mass is 178 g/mol. The van der Waals surface area contributed by atoms with E-state index in [0.717, 1.165) is 5.69 Å². The summed E-state index contributed by atoms with van der Waals surface area (Å²) in [5.41, 5.74) is 6.99.